The van der Waals surface area contributed by atoms with Gasteiger partial charge in [-0.05, 0) is 18.9 Å². The molecule has 0 spiro atoms. The van der Waals surface area contributed by atoms with E-state index in [4.69, 9.17) is 0 Å². The molecule has 1 N–H and O–H groups in total. The largest absolute Gasteiger partial charge is 0.385 e. The first-order chi connectivity index (χ1) is 6.74. The zero-order chi connectivity index (χ0) is 10.4. The fraction of sp³-hybridized carbons (Fsp3) is 0.385. The normalized spacial score (nSPS) is 9.86. The van der Waals surface area contributed by atoms with Gasteiger partial charge in [-0.15, -0.1) is 0 Å². The van der Waals surface area contributed by atoms with Gasteiger partial charge in [0.2, 0.25) is 0 Å². The van der Waals surface area contributed by atoms with Crippen molar-refractivity contribution in [1.82, 2.24) is 5.32 Å². The first-order valence-electron chi connectivity index (χ1n) is 5.24. The van der Waals surface area contributed by atoms with Crippen LogP contribution in [0.2, 0.25) is 0 Å². The Balaban J connectivity index is 2.48. The van der Waals surface area contributed by atoms with Crippen molar-refractivity contribution in [2.24, 2.45) is 0 Å². The lowest BCUT2D eigenvalue weighted by atomic mass is 10.1. The third kappa shape index (κ3) is 3.25. The molecule has 0 aliphatic rings. The second-order valence-corrected chi connectivity index (χ2v) is 3.62. The van der Waals surface area contributed by atoms with Gasteiger partial charge in [0, 0.05) is 12.2 Å². The molecule has 0 amide bonds. The van der Waals surface area contributed by atoms with Gasteiger partial charge in [-0.25, -0.2) is 0 Å². The molecule has 0 aliphatic heterocycles. The lowest BCUT2D eigenvalue weighted by Crippen LogP contribution is -2.12. The summed E-state index contributed by atoms with van der Waals surface area (Å²) in [5, 5.41) is 3.32. The third-order valence-corrected chi connectivity index (χ3v) is 2.27. The molecule has 0 radical (unpaired) electrons. The number of unbranched alkanes of at least 4 members (excludes halogenated alkanes) is 1. The van der Waals surface area contributed by atoms with Crippen molar-refractivity contribution in [1.29, 1.82) is 0 Å². The zero-order valence-corrected chi connectivity index (χ0v) is 9.14. The van der Waals surface area contributed by atoms with E-state index in [0.29, 0.717) is 0 Å². The Labute approximate surface area is 86.8 Å². The molecule has 1 nitrogen and oxygen atoms in total. The molecule has 0 saturated carbocycles. The SMILES string of the molecule is C=C(NCCCC)c1ccc(C)cc1. The van der Waals surface area contributed by atoms with Crippen molar-refractivity contribution in [3.05, 3.63) is 42.0 Å². The van der Waals surface area contributed by atoms with E-state index in [1.54, 1.807) is 0 Å². The standard InChI is InChI=1S/C13H19N/c1-4-5-10-14-12(3)13-8-6-11(2)7-9-13/h6-9,14H,3-5,10H2,1-2H3. The molecule has 14 heavy (non-hydrogen) atoms. The Bertz CT molecular complexity index is 285. The minimum atomic E-state index is 1.02. The monoisotopic (exact) mass is 189 g/mol. The smallest absolute Gasteiger partial charge is 0.0340 e. The van der Waals surface area contributed by atoms with Crippen LogP contribution in [0.15, 0.2) is 30.8 Å². The van der Waals surface area contributed by atoms with Gasteiger partial charge < -0.3 is 5.32 Å². The number of aryl methyl sites for hydroxylation is 1. The fourth-order valence-corrected chi connectivity index (χ4v) is 1.27. The van der Waals surface area contributed by atoms with Crippen molar-refractivity contribution in [3.8, 4) is 0 Å². The van der Waals surface area contributed by atoms with E-state index in [1.807, 2.05) is 0 Å². The average molecular weight is 189 g/mol. The van der Waals surface area contributed by atoms with Crippen LogP contribution in [-0.4, -0.2) is 6.54 Å². The maximum atomic E-state index is 4.02. The van der Waals surface area contributed by atoms with Crippen molar-refractivity contribution >= 4 is 5.70 Å². The van der Waals surface area contributed by atoms with Gasteiger partial charge in [-0.3, -0.25) is 0 Å². The predicted octanol–water partition coefficient (Wildman–Crippen LogP) is 3.36. The van der Waals surface area contributed by atoms with E-state index in [-0.39, 0.29) is 0 Å². The molecule has 1 aromatic carbocycles. The maximum Gasteiger partial charge on any atom is 0.0340 e. The summed E-state index contributed by atoms with van der Waals surface area (Å²) in [6.45, 7) is 9.32. The molecule has 0 aromatic heterocycles. The average Bonchev–Trinajstić information content (AvgIpc) is 2.19. The summed E-state index contributed by atoms with van der Waals surface area (Å²) in [6, 6.07) is 8.44. The topological polar surface area (TPSA) is 12.0 Å². The molecule has 0 bridgehead atoms. The van der Waals surface area contributed by atoms with Gasteiger partial charge in [0.25, 0.3) is 0 Å². The molecule has 76 valence electrons. The van der Waals surface area contributed by atoms with Gasteiger partial charge >= 0.3 is 0 Å². The third-order valence-electron chi connectivity index (χ3n) is 2.27. The van der Waals surface area contributed by atoms with Gasteiger partial charge in [0.05, 0.1) is 0 Å². The molecule has 0 atom stereocenters. The van der Waals surface area contributed by atoms with Crippen molar-refractivity contribution in [2.75, 3.05) is 6.54 Å². The summed E-state index contributed by atoms with van der Waals surface area (Å²) in [5.41, 5.74) is 3.50. The van der Waals surface area contributed by atoms with Gasteiger partial charge in [-0.1, -0.05) is 49.8 Å². The Morgan fingerprint density at radius 2 is 1.93 bits per heavy atom. The molecule has 0 aliphatic carbocycles. The van der Waals surface area contributed by atoms with Crippen molar-refractivity contribution in [3.63, 3.8) is 0 Å². The van der Waals surface area contributed by atoms with E-state index in [2.05, 4.69) is 50.0 Å². The van der Waals surface area contributed by atoms with Crippen LogP contribution in [0.5, 0.6) is 0 Å². The Hall–Kier alpha value is -1.24. The molecule has 0 heterocycles. The van der Waals surface area contributed by atoms with Gasteiger partial charge in [0.1, 0.15) is 0 Å². The van der Waals surface area contributed by atoms with Gasteiger partial charge in [0.15, 0.2) is 0 Å². The number of hydrogen-bond acceptors (Lipinski definition) is 1. The predicted molar refractivity (Wildman–Crippen MR) is 63.1 cm³/mol. The number of hydrogen-bond donors (Lipinski definition) is 1. The number of rotatable bonds is 5. The van der Waals surface area contributed by atoms with Crippen LogP contribution in [0.4, 0.5) is 0 Å². The van der Waals surface area contributed by atoms with Gasteiger partial charge in [-0.2, -0.15) is 0 Å². The molecule has 0 fully saturated rings. The minimum Gasteiger partial charge on any atom is -0.385 e. The van der Waals surface area contributed by atoms with Crippen LogP contribution in [0.3, 0.4) is 0 Å². The molecule has 1 aromatic rings. The first kappa shape index (κ1) is 10.8. The summed E-state index contributed by atoms with van der Waals surface area (Å²) in [6.07, 6.45) is 2.42. The van der Waals surface area contributed by atoms with E-state index >= 15 is 0 Å². The highest BCUT2D eigenvalue weighted by molar-refractivity contribution is 5.61. The van der Waals surface area contributed by atoms with Crippen molar-refractivity contribution in [2.45, 2.75) is 26.7 Å². The highest BCUT2D eigenvalue weighted by Gasteiger charge is 1.96. The highest BCUT2D eigenvalue weighted by atomic mass is 14.9. The van der Waals surface area contributed by atoms with Crippen LogP contribution in [0.25, 0.3) is 5.70 Å². The van der Waals surface area contributed by atoms with E-state index in [9.17, 15) is 0 Å². The highest BCUT2D eigenvalue weighted by Crippen LogP contribution is 2.10. The Morgan fingerprint density at radius 1 is 1.29 bits per heavy atom. The lowest BCUT2D eigenvalue weighted by Gasteiger charge is -2.09. The van der Waals surface area contributed by atoms with Crippen LogP contribution in [-0.2, 0) is 0 Å². The fourth-order valence-electron chi connectivity index (χ4n) is 1.27. The van der Waals surface area contributed by atoms with E-state index in [0.717, 1.165) is 12.2 Å². The second kappa shape index (κ2) is 5.48. The summed E-state index contributed by atoms with van der Waals surface area (Å²) in [4.78, 5) is 0. The second-order valence-electron chi connectivity index (χ2n) is 3.62. The van der Waals surface area contributed by atoms with Crippen LogP contribution in [0.1, 0.15) is 30.9 Å². The van der Waals surface area contributed by atoms with Crippen LogP contribution >= 0.6 is 0 Å². The van der Waals surface area contributed by atoms with Crippen LogP contribution in [0, 0.1) is 6.92 Å². The summed E-state index contributed by atoms with van der Waals surface area (Å²) in [7, 11) is 0. The molecule has 1 heteroatoms. The molecular formula is C13H19N. The quantitative estimate of drug-likeness (QED) is 0.700. The van der Waals surface area contributed by atoms with Crippen molar-refractivity contribution < 1.29 is 0 Å². The van der Waals surface area contributed by atoms with E-state index in [1.165, 1.54) is 24.0 Å². The zero-order valence-electron chi connectivity index (χ0n) is 9.14. The summed E-state index contributed by atoms with van der Waals surface area (Å²) < 4.78 is 0. The number of benzene rings is 1. The van der Waals surface area contributed by atoms with E-state index < -0.39 is 0 Å². The Morgan fingerprint density at radius 3 is 2.50 bits per heavy atom. The molecule has 0 unspecified atom stereocenters. The lowest BCUT2D eigenvalue weighted by molar-refractivity contribution is 0.745. The summed E-state index contributed by atoms with van der Waals surface area (Å²) in [5.74, 6) is 0. The minimum absolute atomic E-state index is 1.02. The molecule has 1 rings (SSSR count). The number of nitrogens with one attached hydrogen (secondary N) is 1. The molecule has 0 saturated heterocycles. The molecular weight excluding hydrogens is 170 g/mol. The summed E-state index contributed by atoms with van der Waals surface area (Å²) >= 11 is 0. The maximum absolute atomic E-state index is 4.02. The van der Waals surface area contributed by atoms with Crippen LogP contribution < -0.4 is 5.32 Å². The first-order valence-corrected chi connectivity index (χ1v) is 5.24. The Kier molecular flexibility index (Phi) is 4.24.